The highest BCUT2D eigenvalue weighted by Crippen LogP contribution is 2.32. The number of ether oxygens (including phenoxy) is 1. The van der Waals surface area contributed by atoms with Crippen LogP contribution in [0.4, 0.5) is 8.78 Å². The number of fused-ring (bicyclic) bond motifs is 3. The van der Waals surface area contributed by atoms with Gasteiger partial charge in [-0.25, -0.2) is 8.78 Å². The second-order valence-corrected chi connectivity index (χ2v) is 17.7. The molecule has 3 aromatic heterocycles. The van der Waals surface area contributed by atoms with Crippen molar-refractivity contribution in [2.45, 2.75) is 61.3 Å². The van der Waals surface area contributed by atoms with Crippen LogP contribution in [-0.2, 0) is 33.6 Å². The van der Waals surface area contributed by atoms with Crippen molar-refractivity contribution in [2.24, 2.45) is 0 Å². The molecule has 0 amide bonds. The summed E-state index contributed by atoms with van der Waals surface area (Å²) in [7, 11) is 1.55. The Morgan fingerprint density at radius 1 is 0.459 bits per heavy atom. The molecule has 9 rings (SSSR count). The molecule has 3 N–H and O–H groups in total. The Balaban J connectivity index is 0.000000180. The van der Waals surface area contributed by atoms with Crippen LogP contribution in [0.5, 0.6) is 5.75 Å². The van der Waals surface area contributed by atoms with Gasteiger partial charge in [-0.15, -0.1) is 0 Å². The molecular formula is C58H52ClF2N3O10. The molecule has 0 saturated heterocycles. The molecule has 13 nitrogen and oxygen atoms in total. The second kappa shape index (κ2) is 22.8. The third-order valence-electron chi connectivity index (χ3n) is 12.4. The summed E-state index contributed by atoms with van der Waals surface area (Å²) in [6.07, 6.45) is -0.698. The van der Waals surface area contributed by atoms with Gasteiger partial charge in [-0.2, -0.15) is 0 Å². The molecule has 0 bridgehead atoms. The number of carbonyl (C=O) groups excluding carboxylic acids is 3. The molecule has 380 valence electrons. The first kappa shape index (κ1) is 54.6. The molecule has 0 fully saturated rings. The maximum atomic E-state index is 13.6. The van der Waals surface area contributed by atoms with Crippen LogP contribution in [0.3, 0.4) is 0 Å². The third-order valence-corrected chi connectivity index (χ3v) is 12.7. The Morgan fingerprint density at radius 2 is 0.757 bits per heavy atom. The molecule has 0 unspecified atom stereocenters. The standard InChI is InChI=1S/C20H19NO4.C19H16FNO3.C18H13ClFNO3.CH4/c1-12-4-6-14(7-5-12)20(24)21-13(2)16(11-19(22)23)17-10-15(25-3)8-9-18(17)21;1-11-3-5-13(6-4-11)19(24)21-12(2)15(10-18(22)23)16-9-14(20)7-8-17(16)21;1-10-14(9-17(22)23)15-8-13(20)6-7-16(15)21(10)18(24)11-2-4-12(19)5-3-11;/h4-10H,11H2,1-3H3,(H,22,23);3-9H,10H2,1-2H3,(H,22,23);2-8H,9H2,1H3,(H,22,23);1H4. The number of carbonyl (C=O) groups is 6. The van der Waals surface area contributed by atoms with Gasteiger partial charge in [0.1, 0.15) is 17.4 Å². The molecule has 0 aliphatic rings. The van der Waals surface area contributed by atoms with Gasteiger partial charge in [-0.1, -0.05) is 54.4 Å². The molecule has 6 aromatic carbocycles. The van der Waals surface area contributed by atoms with E-state index in [0.29, 0.717) is 88.6 Å². The van der Waals surface area contributed by atoms with Crippen LogP contribution in [0.2, 0.25) is 5.02 Å². The molecule has 74 heavy (non-hydrogen) atoms. The Labute approximate surface area is 429 Å². The number of nitrogens with zero attached hydrogens (tertiary/aromatic N) is 3. The molecule has 0 radical (unpaired) electrons. The highest BCUT2D eigenvalue weighted by molar-refractivity contribution is 6.30. The van der Waals surface area contributed by atoms with Crippen molar-refractivity contribution >= 4 is 79.9 Å². The summed E-state index contributed by atoms with van der Waals surface area (Å²) in [6, 6.07) is 34.2. The zero-order valence-electron chi connectivity index (χ0n) is 40.4. The molecular weight excluding hydrogens is 972 g/mol. The first-order chi connectivity index (χ1) is 34.7. The fourth-order valence-electron chi connectivity index (χ4n) is 8.78. The second-order valence-electron chi connectivity index (χ2n) is 17.3. The van der Waals surface area contributed by atoms with Gasteiger partial charge in [0.2, 0.25) is 0 Å². The maximum Gasteiger partial charge on any atom is 0.307 e. The van der Waals surface area contributed by atoms with Crippen molar-refractivity contribution in [1.29, 1.82) is 0 Å². The number of aliphatic carboxylic acids is 3. The minimum absolute atomic E-state index is 0. The quantitative estimate of drug-likeness (QED) is 0.119. The Hall–Kier alpha value is -8.69. The molecule has 0 spiro atoms. The third kappa shape index (κ3) is 11.5. The van der Waals surface area contributed by atoms with E-state index >= 15 is 0 Å². The van der Waals surface area contributed by atoms with Crippen molar-refractivity contribution in [3.05, 3.63) is 206 Å². The number of methoxy groups -OCH3 is 1. The maximum absolute atomic E-state index is 13.6. The number of carboxylic acids is 3. The number of aryl methyl sites for hydroxylation is 2. The number of hydrogen-bond acceptors (Lipinski definition) is 7. The Bertz CT molecular complexity index is 3490. The highest BCUT2D eigenvalue weighted by Gasteiger charge is 2.25. The molecule has 0 aliphatic heterocycles. The van der Waals surface area contributed by atoms with Gasteiger partial charge in [-0.3, -0.25) is 42.5 Å². The SMILES string of the molecule is C.COc1ccc2c(c1)c(CC(=O)O)c(C)n2C(=O)c1ccc(C)cc1.Cc1c(CC(=O)O)c2cc(F)ccc2n1C(=O)c1ccc(Cl)cc1.Cc1ccc(C(=O)n2c(C)c(CC(=O)O)c3cc(F)ccc32)cc1. The average Bonchev–Trinajstić information content (AvgIpc) is 3.89. The first-order valence-electron chi connectivity index (χ1n) is 22.6. The van der Waals surface area contributed by atoms with Crippen molar-refractivity contribution in [3.8, 4) is 5.75 Å². The lowest BCUT2D eigenvalue weighted by atomic mass is 10.1. The summed E-state index contributed by atoms with van der Waals surface area (Å²) in [4.78, 5) is 72.3. The summed E-state index contributed by atoms with van der Waals surface area (Å²) in [5.74, 6) is -4.09. The topological polar surface area (TPSA) is 187 Å². The average molecular weight is 1020 g/mol. The van der Waals surface area contributed by atoms with E-state index in [2.05, 4.69) is 0 Å². The van der Waals surface area contributed by atoms with Crippen LogP contribution >= 0.6 is 11.6 Å². The van der Waals surface area contributed by atoms with Crippen LogP contribution in [0.1, 0.15) is 83.4 Å². The monoisotopic (exact) mass is 1020 g/mol. The van der Waals surface area contributed by atoms with Crippen molar-refractivity contribution < 1.29 is 57.6 Å². The van der Waals surface area contributed by atoms with Crippen LogP contribution in [0, 0.1) is 46.3 Å². The van der Waals surface area contributed by atoms with E-state index in [1.165, 1.54) is 45.5 Å². The van der Waals surface area contributed by atoms with Crippen LogP contribution < -0.4 is 4.74 Å². The Morgan fingerprint density at radius 3 is 1.07 bits per heavy atom. The van der Waals surface area contributed by atoms with E-state index in [4.69, 9.17) is 26.6 Å². The lowest BCUT2D eigenvalue weighted by molar-refractivity contribution is -0.137. The van der Waals surface area contributed by atoms with Crippen LogP contribution in [0.25, 0.3) is 32.7 Å². The largest absolute Gasteiger partial charge is 0.497 e. The number of halogens is 3. The van der Waals surface area contributed by atoms with Crippen molar-refractivity contribution in [3.63, 3.8) is 0 Å². The Kier molecular flexibility index (Phi) is 16.8. The van der Waals surface area contributed by atoms with Gasteiger partial charge >= 0.3 is 17.9 Å². The van der Waals surface area contributed by atoms with E-state index in [-0.39, 0.29) is 44.4 Å². The fraction of sp³-hybridized carbons (Fsp3) is 0.172. The minimum Gasteiger partial charge on any atom is -0.497 e. The molecule has 16 heteroatoms. The summed E-state index contributed by atoms with van der Waals surface area (Å²) in [6.45, 7) is 9.00. The van der Waals surface area contributed by atoms with Gasteiger partial charge in [0.05, 0.1) is 42.9 Å². The minimum atomic E-state index is -1.04. The normalized spacial score (nSPS) is 10.8. The molecule has 0 atom stereocenters. The van der Waals surface area contributed by atoms with Gasteiger partial charge in [-0.05, 0) is 154 Å². The lowest BCUT2D eigenvalue weighted by Gasteiger charge is -2.08. The van der Waals surface area contributed by atoms with E-state index in [1.54, 1.807) is 99.2 Å². The van der Waals surface area contributed by atoms with Crippen LogP contribution in [-0.4, -0.2) is 71.8 Å². The summed E-state index contributed by atoms with van der Waals surface area (Å²) >= 11 is 5.84. The van der Waals surface area contributed by atoms with Crippen LogP contribution in [0.15, 0.2) is 127 Å². The molecule has 0 aliphatic carbocycles. The van der Waals surface area contributed by atoms with E-state index in [9.17, 15) is 42.7 Å². The zero-order chi connectivity index (χ0) is 53.0. The molecule has 9 aromatic rings. The molecule has 3 heterocycles. The summed E-state index contributed by atoms with van der Waals surface area (Å²) < 4.78 is 36.9. The fourth-order valence-corrected chi connectivity index (χ4v) is 8.91. The van der Waals surface area contributed by atoms with Gasteiger partial charge in [0.25, 0.3) is 17.7 Å². The predicted octanol–water partition coefficient (Wildman–Crippen LogP) is 12.0. The van der Waals surface area contributed by atoms with Gasteiger partial charge in [0, 0.05) is 55.0 Å². The predicted molar refractivity (Wildman–Crippen MR) is 280 cm³/mol. The van der Waals surface area contributed by atoms with E-state index < -0.39 is 29.5 Å². The highest BCUT2D eigenvalue weighted by atomic mass is 35.5. The summed E-state index contributed by atoms with van der Waals surface area (Å²) in [5.41, 5.74) is 8.38. The van der Waals surface area contributed by atoms with E-state index in [0.717, 1.165) is 16.5 Å². The number of rotatable bonds is 10. The number of carboxylic acid groups (broad SMARTS) is 3. The summed E-state index contributed by atoms with van der Waals surface area (Å²) in [5, 5.41) is 29.6. The number of aromatic nitrogens is 3. The zero-order valence-corrected chi connectivity index (χ0v) is 41.2. The van der Waals surface area contributed by atoms with Crippen molar-refractivity contribution in [1.82, 2.24) is 13.7 Å². The van der Waals surface area contributed by atoms with Gasteiger partial charge < -0.3 is 20.1 Å². The van der Waals surface area contributed by atoms with Gasteiger partial charge in [0.15, 0.2) is 0 Å². The molecule has 0 saturated carbocycles. The first-order valence-corrected chi connectivity index (χ1v) is 23.0. The lowest BCUT2D eigenvalue weighted by Crippen LogP contribution is -2.14. The number of hydrogen-bond donors (Lipinski definition) is 3. The smallest absolute Gasteiger partial charge is 0.307 e. The van der Waals surface area contributed by atoms with Crippen molar-refractivity contribution in [2.75, 3.05) is 7.11 Å². The van der Waals surface area contributed by atoms with E-state index in [1.807, 2.05) is 38.1 Å². The number of benzene rings is 6.